The van der Waals surface area contributed by atoms with Crippen LogP contribution in [0.15, 0.2) is 140 Å². The molecule has 0 amide bonds. The first-order valence-corrected chi connectivity index (χ1v) is 15.6. The van der Waals surface area contributed by atoms with Crippen LogP contribution in [-0.4, -0.2) is 17.3 Å². The third kappa shape index (κ3) is 6.36. The maximum atomic E-state index is 4.88. The lowest BCUT2D eigenvalue weighted by molar-refractivity contribution is 0.972. The summed E-state index contributed by atoms with van der Waals surface area (Å²) in [6.45, 7) is 0. The predicted molar refractivity (Wildman–Crippen MR) is 160 cm³/mol. The van der Waals surface area contributed by atoms with E-state index in [9.17, 15) is 0 Å². The van der Waals surface area contributed by atoms with Gasteiger partial charge in [-0.05, 0) is 73.9 Å². The highest BCUT2D eigenvalue weighted by Crippen LogP contribution is 2.36. The third-order valence-electron chi connectivity index (χ3n) is 6.43. The Morgan fingerprint density at radius 2 is 0.806 bits per heavy atom. The van der Waals surface area contributed by atoms with Crippen LogP contribution in [0.4, 0.5) is 0 Å². The lowest BCUT2D eigenvalue weighted by atomic mass is 10.1. The van der Waals surface area contributed by atoms with Crippen LogP contribution < -0.4 is 21.2 Å². The molecule has 5 aromatic rings. The van der Waals surface area contributed by atoms with Crippen molar-refractivity contribution in [3.8, 4) is 0 Å². The van der Waals surface area contributed by atoms with Crippen LogP contribution in [0, 0.1) is 0 Å². The second-order valence-corrected chi connectivity index (χ2v) is 13.4. The summed E-state index contributed by atoms with van der Waals surface area (Å²) in [7, 11) is -0.822. The van der Waals surface area contributed by atoms with Crippen molar-refractivity contribution in [3.05, 3.63) is 151 Å². The maximum Gasteiger partial charge on any atom is 0.0439 e. The first-order valence-electron chi connectivity index (χ1n) is 12.6. The van der Waals surface area contributed by atoms with Crippen LogP contribution in [-0.2, 0) is 12.8 Å². The van der Waals surface area contributed by atoms with Crippen LogP contribution in [0.5, 0.6) is 0 Å². The summed E-state index contributed by atoms with van der Waals surface area (Å²) in [5.41, 5.74) is 2.65. The van der Waals surface area contributed by atoms with Crippen molar-refractivity contribution in [2.75, 3.05) is 12.3 Å². The number of rotatable bonds is 10. The molecular formula is C33H31NP2. The largest absolute Gasteiger partial charge is 0.261 e. The average molecular weight is 504 g/mol. The summed E-state index contributed by atoms with van der Waals surface area (Å²) >= 11 is 0. The monoisotopic (exact) mass is 503 g/mol. The SMILES string of the molecule is c1ccc(P(CCc2cccnc2CCP(c2ccccc2)c2ccccc2)c2ccccc2)cc1. The van der Waals surface area contributed by atoms with E-state index < -0.39 is 15.8 Å². The van der Waals surface area contributed by atoms with E-state index in [1.165, 1.54) is 32.5 Å². The minimum absolute atomic E-state index is 0.405. The van der Waals surface area contributed by atoms with Crippen molar-refractivity contribution < 1.29 is 0 Å². The number of nitrogens with zero attached hydrogens (tertiary/aromatic N) is 1. The highest BCUT2D eigenvalue weighted by Gasteiger charge is 2.17. The van der Waals surface area contributed by atoms with Crippen molar-refractivity contribution in [2.24, 2.45) is 0 Å². The molecule has 0 saturated heterocycles. The molecule has 178 valence electrons. The molecule has 5 rings (SSSR count). The molecule has 3 heteroatoms. The van der Waals surface area contributed by atoms with Gasteiger partial charge in [-0.3, -0.25) is 4.98 Å². The molecule has 0 radical (unpaired) electrons. The van der Waals surface area contributed by atoms with Crippen LogP contribution in [0.1, 0.15) is 11.3 Å². The molecule has 0 fully saturated rings. The third-order valence-corrected chi connectivity index (χ3v) is 11.5. The fourth-order valence-electron chi connectivity index (χ4n) is 4.62. The number of aryl methyl sites for hydroxylation is 2. The number of hydrogen-bond donors (Lipinski definition) is 0. The Labute approximate surface area is 217 Å². The number of benzene rings is 4. The molecule has 0 bridgehead atoms. The van der Waals surface area contributed by atoms with Gasteiger partial charge in [-0.1, -0.05) is 127 Å². The van der Waals surface area contributed by atoms with E-state index in [1.807, 2.05) is 6.20 Å². The summed E-state index contributed by atoms with van der Waals surface area (Å²) in [6.07, 6.45) is 6.25. The molecule has 0 saturated carbocycles. The fourth-order valence-corrected chi connectivity index (χ4v) is 9.28. The first-order chi connectivity index (χ1) is 17.9. The van der Waals surface area contributed by atoms with Crippen molar-refractivity contribution in [1.82, 2.24) is 4.98 Å². The number of hydrogen-bond acceptors (Lipinski definition) is 1. The summed E-state index contributed by atoms with van der Waals surface area (Å²) in [5, 5.41) is 5.77. The van der Waals surface area contributed by atoms with Crippen LogP contribution in [0.3, 0.4) is 0 Å². The Bertz CT molecular complexity index is 1140. The fraction of sp³-hybridized carbons (Fsp3) is 0.121. The standard InChI is InChI=1S/C33H31NP2/c1-5-15-29(16-6-1)35(30-17-7-2-8-18-30)26-23-28-14-13-25-34-33(28)24-27-36(31-19-9-3-10-20-31)32-21-11-4-12-22-32/h1-22,25H,23-24,26-27H2. The van der Waals surface area contributed by atoms with Gasteiger partial charge in [0.05, 0.1) is 0 Å². The molecule has 0 spiro atoms. The van der Waals surface area contributed by atoms with Gasteiger partial charge in [0.25, 0.3) is 0 Å². The Morgan fingerprint density at radius 3 is 1.22 bits per heavy atom. The van der Waals surface area contributed by atoms with Crippen molar-refractivity contribution in [1.29, 1.82) is 0 Å². The van der Waals surface area contributed by atoms with E-state index in [4.69, 9.17) is 4.98 Å². The minimum atomic E-state index is -0.417. The highest BCUT2D eigenvalue weighted by molar-refractivity contribution is 7.73. The van der Waals surface area contributed by atoms with Crippen LogP contribution in [0.2, 0.25) is 0 Å². The Kier molecular flexibility index (Phi) is 8.69. The molecule has 0 atom stereocenters. The predicted octanol–water partition coefficient (Wildman–Crippen LogP) is 6.43. The molecule has 1 nitrogen and oxygen atoms in total. The van der Waals surface area contributed by atoms with Crippen molar-refractivity contribution in [2.45, 2.75) is 12.8 Å². The second-order valence-electron chi connectivity index (χ2n) is 8.75. The molecule has 0 aliphatic rings. The molecule has 1 aromatic heterocycles. The summed E-state index contributed by atoms with van der Waals surface area (Å²) in [5.74, 6) is 0. The van der Waals surface area contributed by atoms with E-state index >= 15 is 0 Å². The zero-order valence-corrected chi connectivity index (χ0v) is 22.2. The normalized spacial score (nSPS) is 11.2. The van der Waals surface area contributed by atoms with E-state index in [-0.39, 0.29) is 0 Å². The Hall–Kier alpha value is -3.11. The Morgan fingerprint density at radius 1 is 0.417 bits per heavy atom. The lowest BCUT2D eigenvalue weighted by Gasteiger charge is -2.21. The molecular weight excluding hydrogens is 472 g/mol. The van der Waals surface area contributed by atoms with Gasteiger partial charge in [-0.15, -0.1) is 0 Å². The number of pyridine rings is 1. The van der Waals surface area contributed by atoms with Gasteiger partial charge in [-0.2, -0.15) is 0 Å². The zero-order chi connectivity index (χ0) is 24.4. The van der Waals surface area contributed by atoms with Gasteiger partial charge in [-0.25, -0.2) is 0 Å². The molecule has 0 aliphatic heterocycles. The number of aromatic nitrogens is 1. The molecule has 0 aliphatic carbocycles. The zero-order valence-electron chi connectivity index (χ0n) is 20.4. The van der Waals surface area contributed by atoms with E-state index in [0.29, 0.717) is 0 Å². The molecule has 4 aromatic carbocycles. The van der Waals surface area contributed by atoms with Gasteiger partial charge < -0.3 is 0 Å². The van der Waals surface area contributed by atoms with Crippen molar-refractivity contribution >= 4 is 37.1 Å². The highest BCUT2D eigenvalue weighted by atomic mass is 31.1. The van der Waals surface area contributed by atoms with Crippen LogP contribution >= 0.6 is 15.8 Å². The summed E-state index contributed by atoms with van der Waals surface area (Å²) < 4.78 is 0. The summed E-state index contributed by atoms with van der Waals surface area (Å²) in [4.78, 5) is 4.88. The van der Waals surface area contributed by atoms with Crippen LogP contribution in [0.25, 0.3) is 0 Å². The molecule has 36 heavy (non-hydrogen) atoms. The topological polar surface area (TPSA) is 12.9 Å². The molecule has 0 unspecified atom stereocenters. The molecule has 0 N–H and O–H groups in total. The average Bonchev–Trinajstić information content (AvgIpc) is 2.96. The quantitative estimate of drug-likeness (QED) is 0.200. The van der Waals surface area contributed by atoms with E-state index in [0.717, 1.165) is 25.2 Å². The molecule has 1 heterocycles. The smallest absolute Gasteiger partial charge is 0.0439 e. The first kappa shape index (κ1) is 24.6. The van der Waals surface area contributed by atoms with E-state index in [1.54, 1.807) is 0 Å². The van der Waals surface area contributed by atoms with Gasteiger partial charge in [0.15, 0.2) is 0 Å². The lowest BCUT2D eigenvalue weighted by Crippen LogP contribution is -2.17. The van der Waals surface area contributed by atoms with Gasteiger partial charge in [0, 0.05) is 11.9 Å². The second kappa shape index (κ2) is 12.7. The minimum Gasteiger partial charge on any atom is -0.261 e. The van der Waals surface area contributed by atoms with Crippen molar-refractivity contribution in [3.63, 3.8) is 0 Å². The van der Waals surface area contributed by atoms with E-state index in [2.05, 4.69) is 133 Å². The van der Waals surface area contributed by atoms with Gasteiger partial charge >= 0.3 is 0 Å². The summed E-state index contributed by atoms with van der Waals surface area (Å²) in [6, 6.07) is 48.4. The Balaban J connectivity index is 1.35. The maximum absolute atomic E-state index is 4.88. The van der Waals surface area contributed by atoms with Gasteiger partial charge in [0.2, 0.25) is 0 Å². The van der Waals surface area contributed by atoms with Gasteiger partial charge in [0.1, 0.15) is 0 Å².